The van der Waals surface area contributed by atoms with Gasteiger partial charge in [0, 0.05) is 44.5 Å². The minimum Gasteiger partial charge on any atom is -0.339 e. The number of piperazine rings is 1. The first kappa shape index (κ1) is 15.0. The maximum Gasteiger partial charge on any atom is 0.225 e. The van der Waals surface area contributed by atoms with Gasteiger partial charge in [-0.15, -0.1) is 12.4 Å². The van der Waals surface area contributed by atoms with Crippen LogP contribution in [-0.2, 0) is 4.79 Å². The van der Waals surface area contributed by atoms with Gasteiger partial charge in [-0.3, -0.25) is 4.79 Å². The van der Waals surface area contributed by atoms with Gasteiger partial charge in [0.1, 0.15) is 0 Å². The molecule has 110 valence electrons. The van der Waals surface area contributed by atoms with Gasteiger partial charge in [-0.2, -0.15) is 0 Å². The van der Waals surface area contributed by atoms with Crippen LogP contribution in [0.5, 0.6) is 0 Å². The number of nitrogens with zero attached hydrogens (tertiary/aromatic N) is 4. The second-order valence-electron chi connectivity index (χ2n) is 5.34. The molecule has 0 aromatic carbocycles. The molecule has 1 saturated carbocycles. The minimum atomic E-state index is 0. The number of halogens is 1. The van der Waals surface area contributed by atoms with Crippen molar-refractivity contribution in [3.05, 3.63) is 18.5 Å². The molecule has 1 aliphatic carbocycles. The van der Waals surface area contributed by atoms with E-state index in [9.17, 15) is 4.79 Å². The normalized spacial score (nSPS) is 19.8. The maximum atomic E-state index is 12.3. The van der Waals surface area contributed by atoms with Gasteiger partial charge in [-0.1, -0.05) is 12.8 Å². The number of anilines is 1. The first-order valence-corrected chi connectivity index (χ1v) is 7.15. The molecule has 0 atom stereocenters. The molecule has 1 aromatic heterocycles. The predicted octanol–water partition coefficient (Wildman–Crippen LogP) is 1.74. The molecule has 3 rings (SSSR count). The van der Waals surface area contributed by atoms with Crippen molar-refractivity contribution in [2.45, 2.75) is 25.7 Å². The monoisotopic (exact) mass is 296 g/mol. The zero-order valence-electron chi connectivity index (χ0n) is 11.6. The van der Waals surface area contributed by atoms with E-state index < -0.39 is 0 Å². The van der Waals surface area contributed by atoms with Crippen LogP contribution in [0.4, 0.5) is 5.95 Å². The van der Waals surface area contributed by atoms with Crippen LogP contribution < -0.4 is 4.90 Å². The Labute approximate surface area is 125 Å². The fourth-order valence-corrected chi connectivity index (χ4v) is 3.01. The second kappa shape index (κ2) is 6.88. The lowest BCUT2D eigenvalue weighted by atomic mass is 10.1. The molecule has 5 nitrogen and oxygen atoms in total. The van der Waals surface area contributed by atoms with E-state index in [4.69, 9.17) is 0 Å². The molecule has 2 aliphatic rings. The molecular formula is C14H21ClN4O. The lowest BCUT2D eigenvalue weighted by Crippen LogP contribution is -2.50. The zero-order chi connectivity index (χ0) is 13.1. The van der Waals surface area contributed by atoms with Crippen molar-refractivity contribution in [1.82, 2.24) is 14.9 Å². The Hall–Kier alpha value is -1.36. The summed E-state index contributed by atoms with van der Waals surface area (Å²) in [5.41, 5.74) is 0. The summed E-state index contributed by atoms with van der Waals surface area (Å²) < 4.78 is 0. The molecule has 0 spiro atoms. The summed E-state index contributed by atoms with van der Waals surface area (Å²) in [4.78, 5) is 25.0. The van der Waals surface area contributed by atoms with Gasteiger partial charge in [-0.25, -0.2) is 9.97 Å². The summed E-state index contributed by atoms with van der Waals surface area (Å²) in [5, 5.41) is 0. The predicted molar refractivity (Wildman–Crippen MR) is 80.0 cm³/mol. The van der Waals surface area contributed by atoms with Crippen LogP contribution >= 0.6 is 12.4 Å². The highest BCUT2D eigenvalue weighted by molar-refractivity contribution is 5.85. The molecule has 1 saturated heterocycles. The molecule has 1 amide bonds. The molecule has 0 N–H and O–H groups in total. The number of amides is 1. The van der Waals surface area contributed by atoms with Crippen LogP contribution in [0, 0.1) is 5.92 Å². The van der Waals surface area contributed by atoms with E-state index in [-0.39, 0.29) is 12.4 Å². The number of hydrogen-bond donors (Lipinski definition) is 0. The number of hydrogen-bond acceptors (Lipinski definition) is 4. The fourth-order valence-electron chi connectivity index (χ4n) is 3.01. The van der Waals surface area contributed by atoms with E-state index in [1.54, 1.807) is 12.4 Å². The largest absolute Gasteiger partial charge is 0.339 e. The smallest absolute Gasteiger partial charge is 0.225 e. The standard InChI is InChI=1S/C14H20N4O.ClH/c19-13(12-4-1-2-5-12)17-8-10-18(11-9-17)14-15-6-3-7-16-14;/h3,6-7,12H,1-2,4-5,8-11H2;1H. The van der Waals surface area contributed by atoms with Gasteiger partial charge in [0.2, 0.25) is 11.9 Å². The molecule has 0 radical (unpaired) electrons. The van der Waals surface area contributed by atoms with Crippen LogP contribution in [-0.4, -0.2) is 47.0 Å². The number of carbonyl (C=O) groups excluding carboxylic acids is 1. The van der Waals surface area contributed by atoms with Crippen LogP contribution in [0.1, 0.15) is 25.7 Å². The Balaban J connectivity index is 0.00000147. The van der Waals surface area contributed by atoms with E-state index in [0.717, 1.165) is 45.0 Å². The van der Waals surface area contributed by atoms with E-state index >= 15 is 0 Å². The third-order valence-corrected chi connectivity index (χ3v) is 4.13. The molecule has 0 bridgehead atoms. The summed E-state index contributed by atoms with van der Waals surface area (Å²) in [6.45, 7) is 3.27. The van der Waals surface area contributed by atoms with Crippen molar-refractivity contribution in [1.29, 1.82) is 0 Å². The van der Waals surface area contributed by atoms with Crippen molar-refractivity contribution in [3.63, 3.8) is 0 Å². The van der Waals surface area contributed by atoms with E-state index in [2.05, 4.69) is 14.9 Å². The van der Waals surface area contributed by atoms with Crippen molar-refractivity contribution in [2.24, 2.45) is 5.92 Å². The quantitative estimate of drug-likeness (QED) is 0.834. The third-order valence-electron chi connectivity index (χ3n) is 4.13. The fraction of sp³-hybridized carbons (Fsp3) is 0.643. The Morgan fingerprint density at radius 1 is 1.05 bits per heavy atom. The van der Waals surface area contributed by atoms with Crippen LogP contribution in [0.2, 0.25) is 0 Å². The average molecular weight is 297 g/mol. The Bertz CT molecular complexity index is 428. The zero-order valence-corrected chi connectivity index (χ0v) is 12.4. The highest BCUT2D eigenvalue weighted by Crippen LogP contribution is 2.27. The van der Waals surface area contributed by atoms with Crippen molar-refractivity contribution >= 4 is 24.3 Å². The van der Waals surface area contributed by atoms with E-state index in [1.807, 2.05) is 11.0 Å². The second-order valence-corrected chi connectivity index (χ2v) is 5.34. The molecule has 20 heavy (non-hydrogen) atoms. The third kappa shape index (κ3) is 3.20. The summed E-state index contributed by atoms with van der Waals surface area (Å²) in [6, 6.07) is 1.82. The molecule has 6 heteroatoms. The summed E-state index contributed by atoms with van der Waals surface area (Å²) in [5.74, 6) is 1.43. The minimum absolute atomic E-state index is 0. The van der Waals surface area contributed by atoms with Crippen molar-refractivity contribution in [2.75, 3.05) is 31.1 Å². The van der Waals surface area contributed by atoms with Gasteiger partial charge in [-0.05, 0) is 18.9 Å². The van der Waals surface area contributed by atoms with Crippen LogP contribution in [0.3, 0.4) is 0 Å². The van der Waals surface area contributed by atoms with Crippen LogP contribution in [0.15, 0.2) is 18.5 Å². The lowest BCUT2D eigenvalue weighted by molar-refractivity contribution is -0.135. The van der Waals surface area contributed by atoms with Gasteiger partial charge < -0.3 is 9.80 Å². The lowest BCUT2D eigenvalue weighted by Gasteiger charge is -2.35. The molecule has 0 unspecified atom stereocenters. The molecule has 2 fully saturated rings. The van der Waals surface area contributed by atoms with Gasteiger partial charge >= 0.3 is 0 Å². The number of rotatable bonds is 2. The van der Waals surface area contributed by atoms with Gasteiger partial charge in [0.05, 0.1) is 0 Å². The van der Waals surface area contributed by atoms with Crippen molar-refractivity contribution < 1.29 is 4.79 Å². The topological polar surface area (TPSA) is 49.3 Å². The molecule has 1 aliphatic heterocycles. The van der Waals surface area contributed by atoms with Gasteiger partial charge in [0.25, 0.3) is 0 Å². The summed E-state index contributed by atoms with van der Waals surface area (Å²) >= 11 is 0. The Morgan fingerprint density at radius 2 is 1.65 bits per heavy atom. The highest BCUT2D eigenvalue weighted by Gasteiger charge is 2.29. The highest BCUT2D eigenvalue weighted by atomic mass is 35.5. The van der Waals surface area contributed by atoms with Crippen molar-refractivity contribution in [3.8, 4) is 0 Å². The maximum absolute atomic E-state index is 12.3. The first-order chi connectivity index (χ1) is 9.34. The SMILES string of the molecule is Cl.O=C(C1CCCC1)N1CCN(c2ncccn2)CC1. The van der Waals surface area contributed by atoms with E-state index in [0.29, 0.717) is 11.8 Å². The summed E-state index contributed by atoms with van der Waals surface area (Å²) in [7, 11) is 0. The number of aromatic nitrogens is 2. The first-order valence-electron chi connectivity index (χ1n) is 7.15. The van der Waals surface area contributed by atoms with Gasteiger partial charge in [0.15, 0.2) is 0 Å². The molecular weight excluding hydrogens is 276 g/mol. The van der Waals surface area contributed by atoms with E-state index in [1.165, 1.54) is 12.8 Å². The number of carbonyl (C=O) groups is 1. The summed E-state index contributed by atoms with van der Waals surface area (Å²) in [6.07, 6.45) is 8.13. The average Bonchev–Trinajstić information content (AvgIpc) is 3.02. The molecule has 1 aromatic rings. The van der Waals surface area contributed by atoms with Crippen LogP contribution in [0.25, 0.3) is 0 Å². The Kier molecular flexibility index (Phi) is 5.17. The Morgan fingerprint density at radius 3 is 2.25 bits per heavy atom. The molecule has 2 heterocycles.